The van der Waals surface area contributed by atoms with Gasteiger partial charge in [-0.2, -0.15) is 0 Å². The van der Waals surface area contributed by atoms with Gasteiger partial charge in [-0.15, -0.1) is 0 Å². The first-order valence-electron chi connectivity index (χ1n) is 8.09. The fourth-order valence-corrected chi connectivity index (χ4v) is 2.70. The number of carbonyl (C=O) groups excluding carboxylic acids is 2. The number of urea groups is 1. The Bertz CT molecular complexity index is 901. The van der Waals surface area contributed by atoms with Gasteiger partial charge in [-0.25, -0.2) is 4.79 Å². The molecular formula is C19H20N4O2. The second kappa shape index (κ2) is 7.53. The molecule has 0 saturated heterocycles. The summed E-state index contributed by atoms with van der Waals surface area (Å²) in [7, 11) is 0. The van der Waals surface area contributed by atoms with E-state index in [1.165, 1.54) is 17.9 Å². The Hall–Kier alpha value is -3.28. The summed E-state index contributed by atoms with van der Waals surface area (Å²) in [4.78, 5) is 26.3. The van der Waals surface area contributed by atoms with Gasteiger partial charge in [0.1, 0.15) is 0 Å². The standard InChI is InChI=1S/C19H20N4O2/c1-13(24)22-15-5-4-6-16(11-15)23-19(25)20-10-9-14-12-21-18-8-3-2-7-17(14)18/h2-8,11-12,21H,9-10H2,1H3,(H,22,24)(H2,20,23,25). The predicted octanol–water partition coefficient (Wildman–Crippen LogP) is 3.49. The Morgan fingerprint density at radius 2 is 1.76 bits per heavy atom. The van der Waals surface area contributed by atoms with E-state index >= 15 is 0 Å². The Morgan fingerprint density at radius 3 is 2.56 bits per heavy atom. The summed E-state index contributed by atoms with van der Waals surface area (Å²) in [6.07, 6.45) is 2.71. The van der Waals surface area contributed by atoms with Crippen LogP contribution in [0.1, 0.15) is 12.5 Å². The van der Waals surface area contributed by atoms with Crippen LogP contribution in [0.3, 0.4) is 0 Å². The fraction of sp³-hybridized carbons (Fsp3) is 0.158. The summed E-state index contributed by atoms with van der Waals surface area (Å²) in [5.74, 6) is -0.152. The van der Waals surface area contributed by atoms with E-state index in [0.29, 0.717) is 17.9 Å². The summed E-state index contributed by atoms with van der Waals surface area (Å²) in [6, 6.07) is 14.8. The number of H-pyrrole nitrogens is 1. The summed E-state index contributed by atoms with van der Waals surface area (Å²) >= 11 is 0. The maximum absolute atomic E-state index is 12.0. The van der Waals surface area contributed by atoms with Crippen LogP contribution in [0.25, 0.3) is 10.9 Å². The van der Waals surface area contributed by atoms with Gasteiger partial charge < -0.3 is 20.9 Å². The SMILES string of the molecule is CC(=O)Nc1cccc(NC(=O)NCCc2c[nH]c3ccccc23)c1. The molecule has 4 N–H and O–H groups in total. The number of hydrogen-bond acceptors (Lipinski definition) is 2. The summed E-state index contributed by atoms with van der Waals surface area (Å²) in [6.45, 7) is 1.97. The van der Waals surface area contributed by atoms with E-state index in [1.54, 1.807) is 24.3 Å². The van der Waals surface area contributed by atoms with Crippen molar-refractivity contribution in [1.29, 1.82) is 0 Å². The molecule has 0 aliphatic rings. The average Bonchev–Trinajstić information content (AvgIpc) is 2.98. The first kappa shape index (κ1) is 16.6. The largest absolute Gasteiger partial charge is 0.361 e. The van der Waals surface area contributed by atoms with Gasteiger partial charge >= 0.3 is 6.03 Å². The minimum absolute atomic E-state index is 0.152. The molecule has 0 saturated carbocycles. The normalized spacial score (nSPS) is 10.4. The molecule has 0 atom stereocenters. The van der Waals surface area contributed by atoms with Gasteiger partial charge in [-0.05, 0) is 36.2 Å². The predicted molar refractivity (Wildman–Crippen MR) is 99.8 cm³/mol. The third-order valence-corrected chi connectivity index (χ3v) is 3.80. The molecule has 0 radical (unpaired) electrons. The topological polar surface area (TPSA) is 86.0 Å². The number of anilines is 2. The van der Waals surface area contributed by atoms with Gasteiger partial charge in [-0.3, -0.25) is 4.79 Å². The highest BCUT2D eigenvalue weighted by molar-refractivity contribution is 5.92. The maximum Gasteiger partial charge on any atom is 0.319 e. The molecule has 128 valence electrons. The lowest BCUT2D eigenvalue weighted by atomic mass is 10.1. The summed E-state index contributed by atoms with van der Waals surface area (Å²) in [5, 5.41) is 9.46. The second-order valence-corrected chi connectivity index (χ2v) is 5.75. The van der Waals surface area contributed by atoms with Crippen molar-refractivity contribution in [2.45, 2.75) is 13.3 Å². The molecule has 6 heteroatoms. The molecule has 0 aliphatic carbocycles. The van der Waals surface area contributed by atoms with Gasteiger partial charge in [0, 0.05) is 41.9 Å². The minimum Gasteiger partial charge on any atom is -0.361 e. The molecule has 0 spiro atoms. The Labute approximate surface area is 145 Å². The number of amides is 3. The average molecular weight is 336 g/mol. The van der Waals surface area contributed by atoms with Crippen molar-refractivity contribution in [3.63, 3.8) is 0 Å². The number of nitrogens with one attached hydrogen (secondary N) is 4. The molecule has 1 heterocycles. The van der Waals surface area contributed by atoms with Crippen molar-refractivity contribution >= 4 is 34.2 Å². The second-order valence-electron chi connectivity index (χ2n) is 5.75. The van der Waals surface area contributed by atoms with E-state index in [9.17, 15) is 9.59 Å². The minimum atomic E-state index is -0.278. The van der Waals surface area contributed by atoms with Crippen molar-refractivity contribution < 1.29 is 9.59 Å². The molecule has 0 aliphatic heterocycles. The molecule has 3 aromatic rings. The molecule has 25 heavy (non-hydrogen) atoms. The zero-order valence-electron chi connectivity index (χ0n) is 13.9. The van der Waals surface area contributed by atoms with E-state index in [2.05, 4.69) is 27.0 Å². The molecule has 0 unspecified atom stereocenters. The monoisotopic (exact) mass is 336 g/mol. The van der Waals surface area contributed by atoms with Crippen molar-refractivity contribution in [3.05, 3.63) is 60.3 Å². The lowest BCUT2D eigenvalue weighted by Crippen LogP contribution is -2.30. The zero-order valence-corrected chi connectivity index (χ0v) is 13.9. The third-order valence-electron chi connectivity index (χ3n) is 3.80. The maximum atomic E-state index is 12.0. The Balaban J connectivity index is 1.52. The number of fused-ring (bicyclic) bond motifs is 1. The number of para-hydroxylation sites is 1. The Kier molecular flexibility index (Phi) is 4.99. The Morgan fingerprint density at radius 1 is 1.00 bits per heavy atom. The number of aromatic nitrogens is 1. The van der Waals surface area contributed by atoms with Crippen LogP contribution in [0, 0.1) is 0 Å². The van der Waals surface area contributed by atoms with Crippen LogP contribution in [0.2, 0.25) is 0 Å². The number of hydrogen-bond donors (Lipinski definition) is 4. The van der Waals surface area contributed by atoms with E-state index < -0.39 is 0 Å². The smallest absolute Gasteiger partial charge is 0.319 e. The highest BCUT2D eigenvalue weighted by Crippen LogP contribution is 2.18. The number of aromatic amines is 1. The van der Waals surface area contributed by atoms with Crippen LogP contribution in [0.4, 0.5) is 16.2 Å². The molecule has 2 aromatic carbocycles. The molecule has 0 bridgehead atoms. The van der Waals surface area contributed by atoms with Gasteiger partial charge in [-0.1, -0.05) is 24.3 Å². The molecule has 3 amide bonds. The van der Waals surface area contributed by atoms with E-state index in [1.807, 2.05) is 24.4 Å². The van der Waals surface area contributed by atoms with Crippen molar-refractivity contribution in [3.8, 4) is 0 Å². The summed E-state index contributed by atoms with van der Waals surface area (Å²) in [5.41, 5.74) is 3.53. The quantitative estimate of drug-likeness (QED) is 0.575. The number of carbonyl (C=O) groups is 2. The molecule has 3 rings (SSSR count). The molecular weight excluding hydrogens is 316 g/mol. The van der Waals surface area contributed by atoms with E-state index in [4.69, 9.17) is 0 Å². The highest BCUT2D eigenvalue weighted by Gasteiger charge is 2.05. The van der Waals surface area contributed by atoms with Crippen molar-refractivity contribution in [1.82, 2.24) is 10.3 Å². The van der Waals surface area contributed by atoms with Crippen LogP contribution >= 0.6 is 0 Å². The third kappa shape index (κ3) is 4.38. The lowest BCUT2D eigenvalue weighted by molar-refractivity contribution is -0.114. The fourth-order valence-electron chi connectivity index (χ4n) is 2.70. The van der Waals surface area contributed by atoms with Crippen molar-refractivity contribution in [2.24, 2.45) is 0 Å². The molecule has 6 nitrogen and oxygen atoms in total. The van der Waals surface area contributed by atoms with E-state index in [0.717, 1.165) is 11.9 Å². The summed E-state index contributed by atoms with van der Waals surface area (Å²) < 4.78 is 0. The van der Waals surface area contributed by atoms with Crippen molar-refractivity contribution in [2.75, 3.05) is 17.2 Å². The van der Waals surface area contributed by atoms with Crippen LogP contribution in [-0.4, -0.2) is 23.5 Å². The van der Waals surface area contributed by atoms with Gasteiger partial charge in [0.15, 0.2) is 0 Å². The lowest BCUT2D eigenvalue weighted by Gasteiger charge is -2.09. The van der Waals surface area contributed by atoms with Crippen LogP contribution in [0.15, 0.2) is 54.7 Å². The van der Waals surface area contributed by atoms with Crippen LogP contribution in [0.5, 0.6) is 0 Å². The van der Waals surface area contributed by atoms with Crippen LogP contribution < -0.4 is 16.0 Å². The van der Waals surface area contributed by atoms with Crippen LogP contribution in [-0.2, 0) is 11.2 Å². The molecule has 0 fully saturated rings. The van der Waals surface area contributed by atoms with Gasteiger partial charge in [0.25, 0.3) is 0 Å². The molecule has 1 aromatic heterocycles. The highest BCUT2D eigenvalue weighted by atomic mass is 16.2. The van der Waals surface area contributed by atoms with E-state index in [-0.39, 0.29) is 11.9 Å². The zero-order chi connectivity index (χ0) is 17.6. The van der Waals surface area contributed by atoms with Gasteiger partial charge in [0.05, 0.1) is 0 Å². The number of benzene rings is 2. The van der Waals surface area contributed by atoms with Gasteiger partial charge in [0.2, 0.25) is 5.91 Å². The first-order chi connectivity index (χ1) is 12.1. The first-order valence-corrected chi connectivity index (χ1v) is 8.09. The number of rotatable bonds is 5.